The van der Waals surface area contributed by atoms with Crippen molar-refractivity contribution in [3.8, 4) is 26.6 Å². The third-order valence-electron chi connectivity index (χ3n) is 10.6. The van der Waals surface area contributed by atoms with Crippen molar-refractivity contribution in [1.82, 2.24) is 15.0 Å². The van der Waals surface area contributed by atoms with E-state index in [1.54, 1.807) is 4.80 Å². The molecule has 0 spiro atoms. The van der Waals surface area contributed by atoms with E-state index in [2.05, 4.69) is 199 Å². The summed E-state index contributed by atoms with van der Waals surface area (Å²) in [5.41, 5.74) is 11.9. The number of rotatable bonds is 10. The van der Waals surface area contributed by atoms with Crippen molar-refractivity contribution >= 4 is 46.4 Å². The first kappa shape index (κ1) is 39.1. The molecule has 0 amide bonds. The van der Waals surface area contributed by atoms with Crippen LogP contribution in [-0.4, -0.2) is 28.2 Å². The van der Waals surface area contributed by atoms with E-state index in [4.69, 9.17) is 14.9 Å². The Balaban J connectivity index is 1.25. The van der Waals surface area contributed by atoms with Crippen LogP contribution in [0.25, 0.3) is 45.4 Å². The predicted octanol–water partition coefficient (Wildman–Crippen LogP) is 11.0. The number of hydrogen-bond acceptors (Lipinski definition) is 3. The van der Waals surface area contributed by atoms with Gasteiger partial charge in [-0.2, -0.15) is 9.90 Å². The van der Waals surface area contributed by atoms with Crippen LogP contribution in [0.2, 0.25) is 0 Å². The van der Waals surface area contributed by atoms with Crippen molar-refractivity contribution in [2.75, 3.05) is 13.2 Å². The monoisotopic (exact) mass is 949 g/mol. The van der Waals surface area contributed by atoms with Crippen molar-refractivity contribution in [2.24, 2.45) is 7.05 Å². The minimum absolute atomic E-state index is 0.579. The fourth-order valence-electron chi connectivity index (χ4n) is 7.82. The van der Waals surface area contributed by atoms with Gasteiger partial charge < -0.3 is 0 Å². The molecule has 4 nitrogen and oxygen atoms in total. The molecule has 58 heavy (non-hydrogen) atoms. The average Bonchev–Trinajstić information content (AvgIpc) is 3.91. The maximum absolute atomic E-state index is 6.00. The molecule has 0 aliphatic carbocycles. The Hall–Kier alpha value is -5.77. The van der Waals surface area contributed by atoms with E-state index in [9.17, 15) is 0 Å². The van der Waals surface area contributed by atoms with Gasteiger partial charge in [-0.3, -0.25) is 0 Å². The van der Waals surface area contributed by atoms with Gasteiger partial charge in [0.1, 0.15) is 0 Å². The summed E-state index contributed by atoms with van der Waals surface area (Å²) >= 11 is 1.81. The Kier molecular flexibility index (Phi) is 12.0. The molecule has 0 radical (unpaired) electrons. The number of nitrogens with zero attached hydrogens (tertiary/aromatic N) is 3. The summed E-state index contributed by atoms with van der Waals surface area (Å²) in [6.45, 7) is 5.33. The molecule has 2 heterocycles. The van der Waals surface area contributed by atoms with E-state index < -0.39 is 7.26 Å². The van der Waals surface area contributed by atoms with Crippen LogP contribution in [0.15, 0.2) is 198 Å². The van der Waals surface area contributed by atoms with E-state index in [1.807, 2.05) is 31.9 Å². The number of aromatic nitrogens is 3. The van der Waals surface area contributed by atoms with Crippen molar-refractivity contribution in [3.63, 3.8) is 0 Å². The van der Waals surface area contributed by atoms with Crippen LogP contribution in [0, 0.1) is 4.37 Å². The van der Waals surface area contributed by atoms with Crippen LogP contribution in [0.5, 0.6) is 0 Å². The predicted molar refractivity (Wildman–Crippen MR) is 242 cm³/mol. The van der Waals surface area contributed by atoms with Crippen LogP contribution in [0.1, 0.15) is 25.0 Å². The van der Waals surface area contributed by atoms with Gasteiger partial charge in [0.05, 0.1) is 0 Å². The molecule has 7 aromatic rings. The molecule has 0 bridgehead atoms. The zero-order valence-electron chi connectivity index (χ0n) is 32.9. The van der Waals surface area contributed by atoms with Gasteiger partial charge in [0.15, 0.2) is 0 Å². The van der Waals surface area contributed by atoms with Crippen LogP contribution >= 0.6 is 7.26 Å². The van der Waals surface area contributed by atoms with E-state index >= 15 is 0 Å². The molecule has 6 aromatic carbocycles. The topological polar surface area (TPSA) is 39.9 Å². The molecule has 1 fully saturated rings. The molecule has 285 valence electrons. The first-order chi connectivity index (χ1) is 28.5. The zero-order valence-corrected chi connectivity index (χ0v) is 36.3. The molecule has 8 rings (SSSR count). The molecule has 1 aliphatic rings. The molecule has 0 N–H and O–H groups in total. The molecule has 0 saturated carbocycles. The van der Waals surface area contributed by atoms with E-state index in [0.29, 0.717) is 13.2 Å². The van der Waals surface area contributed by atoms with Gasteiger partial charge in [-0.05, 0) is 18.1 Å². The quantitative estimate of drug-likeness (QED) is 0.101. The molecule has 1 aromatic heterocycles. The Morgan fingerprint density at radius 3 is 1.53 bits per heavy atom. The Labute approximate surface area is 352 Å². The van der Waals surface area contributed by atoms with Crippen LogP contribution < -0.4 is 15.9 Å². The van der Waals surface area contributed by atoms with E-state index in [1.165, 1.54) is 37.9 Å². The summed E-state index contributed by atoms with van der Waals surface area (Å²) in [5, 5.41) is 14.7. The first-order valence-electron chi connectivity index (χ1n) is 19.5. The molecular formula is C52H44N3OOsP+. The number of fused-ring (bicyclic) bond motifs is 1. The van der Waals surface area contributed by atoms with E-state index in [0.717, 1.165) is 44.4 Å². The third kappa shape index (κ3) is 7.76. The van der Waals surface area contributed by atoms with Gasteiger partial charge >= 0.3 is 277 Å². The Morgan fingerprint density at radius 2 is 1.09 bits per heavy atom. The Morgan fingerprint density at radius 1 is 0.621 bits per heavy atom. The van der Waals surface area contributed by atoms with Crippen molar-refractivity contribution in [2.45, 2.75) is 13.8 Å². The second-order valence-corrected chi connectivity index (χ2v) is 18.1. The first-order valence-corrected chi connectivity index (χ1v) is 22.5. The molecule has 0 unspecified atom stereocenters. The number of allylic oxidation sites excluding steroid dienone is 6. The van der Waals surface area contributed by atoms with Crippen molar-refractivity contribution in [3.05, 3.63) is 209 Å². The van der Waals surface area contributed by atoms with Gasteiger partial charge in [0.25, 0.3) is 0 Å². The summed E-state index contributed by atoms with van der Waals surface area (Å²) < 4.78 is 9.84. The van der Waals surface area contributed by atoms with Crippen LogP contribution in [0.4, 0.5) is 0 Å². The minimum atomic E-state index is -2.43. The summed E-state index contributed by atoms with van der Waals surface area (Å²) in [6.07, 6.45) is 13.2. The molecule has 1 aliphatic heterocycles. The Bertz CT molecular complexity index is 2660. The molecule has 1 saturated heterocycles. The average molecular weight is 948 g/mol. The number of benzene rings is 6. The molecule has 6 heteroatoms. The number of ether oxygens (including phenoxy) is 1. The number of hydrogen-bond donors (Lipinski definition) is 0. The fourth-order valence-corrected chi connectivity index (χ4v) is 13.6. The molecular weight excluding hydrogens is 904 g/mol. The second kappa shape index (κ2) is 17.8. The normalized spacial score (nSPS) is 15.2. The van der Waals surface area contributed by atoms with Gasteiger partial charge in [0.2, 0.25) is 0 Å². The summed E-state index contributed by atoms with van der Waals surface area (Å²) in [5.74, 6) is 0. The maximum atomic E-state index is 6.00. The van der Waals surface area contributed by atoms with E-state index in [-0.39, 0.29) is 0 Å². The van der Waals surface area contributed by atoms with Gasteiger partial charge in [0, 0.05) is 12.6 Å². The van der Waals surface area contributed by atoms with Crippen molar-refractivity contribution in [1.29, 1.82) is 0 Å². The third-order valence-corrected chi connectivity index (χ3v) is 16.0. The second-order valence-electron chi connectivity index (χ2n) is 14.2. The van der Waals surface area contributed by atoms with Crippen LogP contribution in [0.3, 0.4) is 0 Å². The number of aryl methyl sites for hydroxylation is 1. The summed E-state index contributed by atoms with van der Waals surface area (Å²) in [7, 11) is -0.539. The summed E-state index contributed by atoms with van der Waals surface area (Å²) in [6, 6.07) is 54.7. The zero-order chi connectivity index (χ0) is 39.9. The fraction of sp³-hybridized carbons (Fsp3) is 0.0962. The van der Waals surface area contributed by atoms with Crippen molar-refractivity contribution < 1.29 is 22.7 Å². The SMILES string of the molecule is CC=C1COCC1=CC(/C=C/c1ccc(-c2ccc(-c3ccc(/C=C/C)cc3)c3nn(C)nc23)cc1)=C([C]#[Os])[P+](c1ccccc1)(c1ccccc1)c1ccccc1. The van der Waals surface area contributed by atoms with Crippen LogP contribution in [-0.2, 0) is 29.7 Å². The van der Waals surface area contributed by atoms with Gasteiger partial charge in [-0.1, -0.05) is 36.4 Å². The molecule has 0 atom stereocenters. The van der Waals surface area contributed by atoms with Gasteiger partial charge in [-0.15, -0.1) is 0 Å². The standard InChI is InChI=1S/C52H44N3OP.Os/c1-5-16-39-23-28-42(29-24-39)49-33-34-50(52-51(49)53-55(4)54-52)43-30-25-40(26-31-43)27-32-44(35-45-37-56-36-41(45)6-2)38(3)57(46-17-10-7-11-18-46,47-19-12-8-13-20-47)48-21-14-9-15-22-48;/h5-35H,36-37H2,1-2,4H3;/q+1;/b16-5+,32-27+,41-6?,44-38?,45-35?;. The summed E-state index contributed by atoms with van der Waals surface area (Å²) in [4.78, 5) is 1.67. The van der Waals surface area contributed by atoms with Gasteiger partial charge in [-0.25, -0.2) is 0 Å².